The molecule has 0 bridgehead atoms. The summed E-state index contributed by atoms with van der Waals surface area (Å²) in [4.78, 5) is 14.3. The predicted octanol–water partition coefficient (Wildman–Crippen LogP) is 2.34. The highest BCUT2D eigenvalue weighted by atomic mass is 35.5. The molecule has 0 spiro atoms. The van der Waals surface area contributed by atoms with Gasteiger partial charge in [-0.2, -0.15) is 0 Å². The lowest BCUT2D eigenvalue weighted by Gasteiger charge is -2.21. The number of likely N-dealkylation sites (tertiary alicyclic amines) is 1. The first kappa shape index (κ1) is 17.1. The van der Waals surface area contributed by atoms with Crippen molar-refractivity contribution in [2.24, 2.45) is 11.8 Å². The van der Waals surface area contributed by atoms with E-state index in [-0.39, 0.29) is 18.3 Å². The van der Waals surface area contributed by atoms with Crippen molar-refractivity contribution >= 4 is 18.3 Å². The molecule has 0 radical (unpaired) electrons. The van der Waals surface area contributed by atoms with Gasteiger partial charge >= 0.3 is 0 Å². The first-order valence-corrected chi connectivity index (χ1v) is 7.99. The summed E-state index contributed by atoms with van der Waals surface area (Å²) in [5.41, 5.74) is 0. The molecule has 2 atom stereocenters. The Kier molecular flexibility index (Phi) is 6.52. The number of carbonyl (C=O) groups excluding carboxylic acids is 1. The summed E-state index contributed by atoms with van der Waals surface area (Å²) < 4.78 is 5.62. The Bertz CT molecular complexity index is 455. The molecule has 5 heteroatoms. The van der Waals surface area contributed by atoms with E-state index in [9.17, 15) is 4.79 Å². The molecule has 1 N–H and O–H groups in total. The fourth-order valence-corrected chi connectivity index (χ4v) is 3.40. The van der Waals surface area contributed by atoms with Crippen molar-refractivity contribution in [3.8, 4) is 5.75 Å². The Morgan fingerprint density at radius 2 is 1.77 bits per heavy atom. The maximum absolute atomic E-state index is 12.3. The first-order valence-electron chi connectivity index (χ1n) is 7.99. The highest BCUT2D eigenvalue weighted by molar-refractivity contribution is 5.85. The molecule has 2 heterocycles. The molecule has 3 rings (SSSR count). The zero-order chi connectivity index (χ0) is 14.5. The third-order valence-corrected chi connectivity index (χ3v) is 4.70. The van der Waals surface area contributed by atoms with Crippen LogP contribution in [0.4, 0.5) is 0 Å². The van der Waals surface area contributed by atoms with Gasteiger partial charge in [0.1, 0.15) is 5.75 Å². The summed E-state index contributed by atoms with van der Waals surface area (Å²) in [6, 6.07) is 9.69. The van der Waals surface area contributed by atoms with Gasteiger partial charge in [0.05, 0.1) is 13.0 Å². The Morgan fingerprint density at radius 1 is 1.14 bits per heavy atom. The minimum atomic E-state index is 0. The van der Waals surface area contributed by atoms with Crippen LogP contribution < -0.4 is 10.1 Å². The third-order valence-electron chi connectivity index (χ3n) is 4.70. The molecule has 1 aromatic rings. The summed E-state index contributed by atoms with van der Waals surface area (Å²) >= 11 is 0. The number of benzene rings is 1. The van der Waals surface area contributed by atoms with Crippen molar-refractivity contribution in [3.63, 3.8) is 0 Å². The molecule has 122 valence electrons. The number of ether oxygens (including phenoxy) is 1. The number of hydrogen-bond donors (Lipinski definition) is 1. The predicted molar refractivity (Wildman–Crippen MR) is 89.5 cm³/mol. The molecule has 0 aromatic heterocycles. The monoisotopic (exact) mass is 324 g/mol. The van der Waals surface area contributed by atoms with Crippen molar-refractivity contribution in [2.75, 3.05) is 32.8 Å². The van der Waals surface area contributed by atoms with Crippen molar-refractivity contribution in [1.82, 2.24) is 10.2 Å². The molecular weight excluding hydrogens is 300 g/mol. The van der Waals surface area contributed by atoms with Gasteiger partial charge in [-0.05, 0) is 49.9 Å². The summed E-state index contributed by atoms with van der Waals surface area (Å²) in [5.74, 6) is 2.60. The van der Waals surface area contributed by atoms with Crippen LogP contribution in [-0.2, 0) is 4.79 Å². The number of rotatable bonds is 4. The van der Waals surface area contributed by atoms with Crippen LogP contribution in [0.5, 0.6) is 5.75 Å². The minimum absolute atomic E-state index is 0. The van der Waals surface area contributed by atoms with E-state index in [1.54, 1.807) is 0 Å². The topological polar surface area (TPSA) is 41.6 Å². The highest BCUT2D eigenvalue weighted by Crippen LogP contribution is 2.27. The van der Waals surface area contributed by atoms with Crippen LogP contribution in [0.25, 0.3) is 0 Å². The highest BCUT2D eigenvalue weighted by Gasteiger charge is 2.31. The van der Waals surface area contributed by atoms with E-state index in [0.717, 1.165) is 56.6 Å². The second kappa shape index (κ2) is 8.39. The Labute approximate surface area is 138 Å². The van der Waals surface area contributed by atoms with Crippen LogP contribution in [0.15, 0.2) is 30.3 Å². The molecule has 2 saturated heterocycles. The maximum Gasteiger partial charge on any atom is 0.225 e. The quantitative estimate of drug-likeness (QED) is 0.924. The van der Waals surface area contributed by atoms with Gasteiger partial charge in [-0.25, -0.2) is 0 Å². The SMILES string of the molecule is Cl.O=C(CCOc1ccccc1)N1CC[C@@H]2CNC[C@@H]2CC1. The molecule has 2 aliphatic rings. The number of para-hydroxylation sites is 1. The van der Waals surface area contributed by atoms with E-state index < -0.39 is 0 Å². The number of carbonyl (C=O) groups is 1. The smallest absolute Gasteiger partial charge is 0.225 e. The van der Waals surface area contributed by atoms with E-state index in [1.807, 2.05) is 35.2 Å². The van der Waals surface area contributed by atoms with Crippen LogP contribution in [0.3, 0.4) is 0 Å². The van der Waals surface area contributed by atoms with Crippen molar-refractivity contribution in [3.05, 3.63) is 30.3 Å². The van der Waals surface area contributed by atoms with E-state index in [4.69, 9.17) is 4.74 Å². The third kappa shape index (κ3) is 4.37. The normalized spacial score (nSPS) is 24.1. The molecule has 0 unspecified atom stereocenters. The average molecular weight is 325 g/mol. The van der Waals surface area contributed by atoms with Gasteiger partial charge in [0.15, 0.2) is 0 Å². The largest absolute Gasteiger partial charge is 0.493 e. The lowest BCUT2D eigenvalue weighted by atomic mass is 9.92. The Balaban J connectivity index is 0.00000176. The lowest BCUT2D eigenvalue weighted by molar-refractivity contribution is -0.131. The number of nitrogens with zero attached hydrogens (tertiary/aromatic N) is 1. The first-order chi connectivity index (χ1) is 10.3. The minimum Gasteiger partial charge on any atom is -0.493 e. The molecule has 4 nitrogen and oxygen atoms in total. The van der Waals surface area contributed by atoms with Gasteiger partial charge in [0, 0.05) is 13.1 Å². The number of amides is 1. The average Bonchev–Trinajstić information content (AvgIpc) is 2.87. The Hall–Kier alpha value is -1.26. The van der Waals surface area contributed by atoms with E-state index in [1.165, 1.54) is 0 Å². The molecule has 2 fully saturated rings. The fourth-order valence-electron chi connectivity index (χ4n) is 3.40. The second-order valence-corrected chi connectivity index (χ2v) is 6.05. The van der Waals surface area contributed by atoms with E-state index in [2.05, 4.69) is 5.32 Å². The van der Waals surface area contributed by atoms with Gasteiger partial charge in [-0.15, -0.1) is 12.4 Å². The van der Waals surface area contributed by atoms with Crippen LogP contribution in [0, 0.1) is 11.8 Å². The summed E-state index contributed by atoms with van der Waals surface area (Å²) in [6.07, 6.45) is 2.76. The molecule has 0 aliphatic carbocycles. The zero-order valence-electron chi connectivity index (χ0n) is 12.9. The van der Waals surface area contributed by atoms with Crippen molar-refractivity contribution < 1.29 is 9.53 Å². The van der Waals surface area contributed by atoms with Gasteiger partial charge < -0.3 is 15.0 Å². The van der Waals surface area contributed by atoms with Crippen LogP contribution >= 0.6 is 12.4 Å². The number of halogens is 1. The summed E-state index contributed by atoms with van der Waals surface area (Å²) in [6.45, 7) is 4.54. The molecule has 1 aromatic carbocycles. The second-order valence-electron chi connectivity index (χ2n) is 6.05. The van der Waals surface area contributed by atoms with Crippen LogP contribution in [-0.4, -0.2) is 43.6 Å². The van der Waals surface area contributed by atoms with E-state index >= 15 is 0 Å². The van der Waals surface area contributed by atoms with Gasteiger partial charge in [0.25, 0.3) is 0 Å². The molecular formula is C17H25ClN2O2. The van der Waals surface area contributed by atoms with E-state index in [0.29, 0.717) is 13.0 Å². The zero-order valence-corrected chi connectivity index (χ0v) is 13.7. The van der Waals surface area contributed by atoms with Gasteiger partial charge in [0.2, 0.25) is 5.91 Å². The van der Waals surface area contributed by atoms with Crippen molar-refractivity contribution in [2.45, 2.75) is 19.3 Å². The molecule has 2 aliphatic heterocycles. The van der Waals surface area contributed by atoms with Gasteiger partial charge in [-0.1, -0.05) is 18.2 Å². The maximum atomic E-state index is 12.3. The molecule has 0 saturated carbocycles. The lowest BCUT2D eigenvalue weighted by Crippen LogP contribution is -2.33. The fraction of sp³-hybridized carbons (Fsp3) is 0.588. The standard InChI is InChI=1S/C17H24N2O2.ClH/c20-17(8-11-21-16-4-2-1-3-5-16)19-9-6-14-12-18-13-15(14)7-10-19;/h1-5,14-15,18H,6-13H2;1H/t14-,15+;. The van der Waals surface area contributed by atoms with Crippen LogP contribution in [0.2, 0.25) is 0 Å². The summed E-state index contributed by atoms with van der Waals surface area (Å²) in [7, 11) is 0. The van der Waals surface area contributed by atoms with Crippen LogP contribution in [0.1, 0.15) is 19.3 Å². The molecule has 1 amide bonds. The number of fused-ring (bicyclic) bond motifs is 1. The van der Waals surface area contributed by atoms with Gasteiger partial charge in [-0.3, -0.25) is 4.79 Å². The molecule has 22 heavy (non-hydrogen) atoms. The number of nitrogens with one attached hydrogen (secondary N) is 1. The summed E-state index contributed by atoms with van der Waals surface area (Å²) in [5, 5.41) is 3.47. The Morgan fingerprint density at radius 3 is 2.41 bits per heavy atom. The number of hydrogen-bond acceptors (Lipinski definition) is 3. The van der Waals surface area contributed by atoms with Crippen molar-refractivity contribution in [1.29, 1.82) is 0 Å².